The Balaban J connectivity index is 1.79. The molecule has 0 bridgehead atoms. The molecule has 0 saturated heterocycles. The van der Waals surface area contributed by atoms with Crippen LogP contribution in [0.2, 0.25) is 0 Å². The molecule has 0 fully saturated rings. The van der Waals surface area contributed by atoms with Gasteiger partial charge in [0.15, 0.2) is 0 Å². The normalized spacial score (nSPS) is 15.0. The first-order valence-electron chi connectivity index (χ1n) is 10.7. The number of thioether (sulfide) groups is 1. The van der Waals surface area contributed by atoms with Crippen LogP contribution in [0.3, 0.4) is 0 Å². The van der Waals surface area contributed by atoms with Gasteiger partial charge in [-0.3, -0.25) is 0 Å². The second-order valence-electron chi connectivity index (χ2n) is 9.03. The molecule has 0 heterocycles. The molecule has 0 spiro atoms. The van der Waals surface area contributed by atoms with Gasteiger partial charge in [0.1, 0.15) is 7.85 Å². The zero-order chi connectivity index (χ0) is 21.2. The number of hydrogen-bond donors (Lipinski definition) is 0. The predicted molar refractivity (Wildman–Crippen MR) is 132 cm³/mol. The van der Waals surface area contributed by atoms with Crippen molar-refractivity contribution < 1.29 is 0 Å². The molecule has 0 aromatic heterocycles. The number of hydrogen-bond acceptors (Lipinski definition) is 1. The summed E-state index contributed by atoms with van der Waals surface area (Å²) < 4.78 is 0. The largest absolute Gasteiger partial charge is 0.114 e. The molecule has 0 unspecified atom stereocenters. The van der Waals surface area contributed by atoms with E-state index in [0.717, 1.165) is 10.4 Å². The summed E-state index contributed by atoms with van der Waals surface area (Å²) in [6.45, 7) is 15.3. The molecule has 0 atom stereocenters. The minimum absolute atomic E-state index is 0.121. The summed E-state index contributed by atoms with van der Waals surface area (Å²) in [5.74, 6) is 0. The highest BCUT2D eigenvalue weighted by Crippen LogP contribution is 2.36. The van der Waals surface area contributed by atoms with Crippen LogP contribution in [-0.2, 0) is 18.3 Å². The summed E-state index contributed by atoms with van der Waals surface area (Å²) in [6, 6.07) is 11.3. The third kappa shape index (κ3) is 4.91. The van der Waals surface area contributed by atoms with Gasteiger partial charge in [-0.2, -0.15) is 0 Å². The van der Waals surface area contributed by atoms with Gasteiger partial charge in [-0.05, 0) is 85.2 Å². The Labute approximate surface area is 183 Å². The molecular weight excluding hydrogens is 367 g/mol. The first-order valence-corrected chi connectivity index (χ1v) is 11.6. The zero-order valence-corrected chi connectivity index (χ0v) is 19.5. The van der Waals surface area contributed by atoms with Crippen molar-refractivity contribution in [2.24, 2.45) is 0 Å². The maximum absolute atomic E-state index is 6.39. The average Bonchev–Trinajstić information content (AvgIpc) is 2.93. The Morgan fingerprint density at radius 1 is 1.00 bits per heavy atom. The predicted octanol–water partition coefficient (Wildman–Crippen LogP) is 6.95. The van der Waals surface area contributed by atoms with Crippen molar-refractivity contribution in [1.29, 1.82) is 0 Å². The molecule has 0 nitrogen and oxygen atoms in total. The van der Waals surface area contributed by atoms with Gasteiger partial charge in [0.2, 0.25) is 0 Å². The van der Waals surface area contributed by atoms with Gasteiger partial charge in [0.25, 0.3) is 0 Å². The molecular formula is C27H33BS. The van der Waals surface area contributed by atoms with Crippen molar-refractivity contribution in [1.82, 2.24) is 0 Å². The van der Waals surface area contributed by atoms with Crippen molar-refractivity contribution in [3.05, 3.63) is 81.3 Å². The highest BCUT2D eigenvalue weighted by molar-refractivity contribution is 8.10. The van der Waals surface area contributed by atoms with Crippen molar-refractivity contribution >= 4 is 30.0 Å². The minimum atomic E-state index is -0.121. The van der Waals surface area contributed by atoms with Gasteiger partial charge < -0.3 is 0 Å². The second kappa shape index (κ2) is 9.00. The molecule has 1 aliphatic rings. The summed E-state index contributed by atoms with van der Waals surface area (Å²) in [7, 11) is 6.39. The van der Waals surface area contributed by atoms with Crippen LogP contribution >= 0.6 is 11.8 Å². The van der Waals surface area contributed by atoms with Gasteiger partial charge in [0, 0.05) is 10.3 Å². The smallest absolute Gasteiger partial charge is 0.0981 e. The Morgan fingerprint density at radius 3 is 2.38 bits per heavy atom. The molecule has 0 amide bonds. The topological polar surface area (TPSA) is 0 Å². The summed E-state index contributed by atoms with van der Waals surface area (Å²) in [5.41, 5.74) is 10.1. The van der Waals surface area contributed by atoms with E-state index in [1.165, 1.54) is 71.1 Å². The van der Waals surface area contributed by atoms with Crippen molar-refractivity contribution in [3.8, 4) is 0 Å². The summed E-state index contributed by atoms with van der Waals surface area (Å²) >= 11 is 1.73. The van der Waals surface area contributed by atoms with Crippen LogP contribution in [-0.4, -0.2) is 7.85 Å². The summed E-state index contributed by atoms with van der Waals surface area (Å²) in [6.07, 6.45) is 6.40. The van der Waals surface area contributed by atoms with Crippen LogP contribution in [0.25, 0.3) is 4.91 Å². The highest BCUT2D eigenvalue weighted by atomic mass is 32.2. The van der Waals surface area contributed by atoms with Crippen molar-refractivity contribution in [2.75, 3.05) is 0 Å². The lowest BCUT2D eigenvalue weighted by Gasteiger charge is -2.30. The van der Waals surface area contributed by atoms with E-state index in [9.17, 15) is 0 Å². The van der Waals surface area contributed by atoms with Crippen LogP contribution in [0.5, 0.6) is 0 Å². The monoisotopic (exact) mass is 400 g/mol. The fourth-order valence-corrected chi connectivity index (χ4v) is 4.93. The summed E-state index contributed by atoms with van der Waals surface area (Å²) in [5, 5.41) is 2.25. The lowest BCUT2D eigenvalue weighted by Crippen LogP contribution is -2.28. The van der Waals surface area contributed by atoms with Gasteiger partial charge in [-0.15, -0.1) is 0 Å². The van der Waals surface area contributed by atoms with Gasteiger partial charge in [0.05, 0.1) is 0 Å². The second-order valence-corrected chi connectivity index (χ2v) is 10.00. The van der Waals surface area contributed by atoms with Gasteiger partial charge in [-0.25, -0.2) is 0 Å². The molecule has 2 aromatic rings. The Hall–Kier alpha value is -1.67. The lowest BCUT2D eigenvalue weighted by molar-refractivity contribution is 0.628. The Kier molecular flexibility index (Phi) is 6.84. The van der Waals surface area contributed by atoms with E-state index < -0.39 is 0 Å². The number of rotatable bonds is 5. The number of allylic oxidation sites excluding steroid dienone is 1. The van der Waals surface area contributed by atoms with E-state index in [4.69, 9.17) is 7.85 Å². The molecule has 2 aromatic carbocycles. The molecule has 0 N–H and O–H groups in total. The molecule has 150 valence electrons. The van der Waals surface area contributed by atoms with Crippen molar-refractivity contribution in [2.45, 2.75) is 72.1 Å². The summed E-state index contributed by atoms with van der Waals surface area (Å²) in [4.78, 5) is 1.11. The third-order valence-electron chi connectivity index (χ3n) is 6.62. The van der Waals surface area contributed by atoms with E-state index in [0.29, 0.717) is 0 Å². The van der Waals surface area contributed by atoms with Crippen LogP contribution in [0.1, 0.15) is 73.4 Å². The van der Waals surface area contributed by atoms with E-state index in [1.807, 2.05) is 0 Å². The van der Waals surface area contributed by atoms with Crippen LogP contribution in [0, 0.1) is 13.8 Å². The first kappa shape index (κ1) is 22.0. The molecule has 29 heavy (non-hydrogen) atoms. The lowest BCUT2D eigenvalue weighted by atomic mass is 9.71. The first-order chi connectivity index (χ1) is 13.7. The number of fused-ring (bicyclic) bond motifs is 1. The van der Waals surface area contributed by atoms with E-state index in [-0.39, 0.29) is 5.41 Å². The molecule has 0 aliphatic heterocycles. The molecule has 3 rings (SSSR count). The average molecular weight is 400 g/mol. The maximum Gasteiger partial charge on any atom is 0.114 e. The van der Waals surface area contributed by atoms with Gasteiger partial charge in [-0.1, -0.05) is 80.0 Å². The quantitative estimate of drug-likeness (QED) is 0.386. The fraction of sp³-hybridized carbons (Fsp3) is 0.407. The Bertz CT molecular complexity index is 949. The minimum Gasteiger partial charge on any atom is -0.0981 e. The van der Waals surface area contributed by atoms with E-state index in [1.54, 1.807) is 11.8 Å². The fourth-order valence-electron chi connectivity index (χ4n) is 4.05. The zero-order valence-electron chi connectivity index (χ0n) is 18.7. The third-order valence-corrected chi connectivity index (χ3v) is 7.62. The molecule has 2 radical (unpaired) electrons. The van der Waals surface area contributed by atoms with Crippen molar-refractivity contribution in [3.63, 3.8) is 0 Å². The molecule has 1 aliphatic carbocycles. The standard InChI is InChI=1S/C27H33BS/c1-18-14-25(26(28)15-19(18)2)27(5,6)20(3)17-29-21(4)23-13-12-22-10-8-7-9-11-24(22)16-23/h12-17H,4,7-11H2,1-3,5-6H3/b20-17+. The van der Waals surface area contributed by atoms with Gasteiger partial charge >= 0.3 is 0 Å². The number of aryl methyl sites for hydroxylation is 4. The number of benzene rings is 2. The molecule has 0 saturated carbocycles. The highest BCUT2D eigenvalue weighted by Gasteiger charge is 2.25. The van der Waals surface area contributed by atoms with E-state index in [2.05, 4.69) is 76.9 Å². The van der Waals surface area contributed by atoms with Crippen LogP contribution < -0.4 is 5.46 Å². The van der Waals surface area contributed by atoms with E-state index >= 15 is 0 Å². The maximum atomic E-state index is 6.39. The van der Waals surface area contributed by atoms with Crippen LogP contribution in [0.15, 0.2) is 47.9 Å². The molecule has 2 heteroatoms. The SMILES string of the molecule is [B]c1cc(C)c(C)cc1C(C)(C)/C(C)=C/SC(=C)c1ccc2c(c1)CCCCC2. The van der Waals surface area contributed by atoms with Crippen LogP contribution in [0.4, 0.5) is 0 Å². The Morgan fingerprint density at radius 2 is 1.66 bits per heavy atom.